The number of carbonyl (C=O) groups excluding carboxylic acids is 1. The van der Waals surface area contributed by atoms with E-state index in [-0.39, 0.29) is 17.7 Å². The molecule has 4 aromatic rings. The molecule has 0 atom stereocenters. The van der Waals surface area contributed by atoms with Gasteiger partial charge in [-0.25, -0.2) is 0 Å². The van der Waals surface area contributed by atoms with Crippen molar-refractivity contribution in [2.75, 3.05) is 13.1 Å². The highest BCUT2D eigenvalue weighted by Crippen LogP contribution is 2.32. The molecule has 0 N–H and O–H groups in total. The van der Waals surface area contributed by atoms with E-state index in [9.17, 15) is 4.79 Å². The molecular weight excluding hydrogens is 388 g/mol. The third-order valence-corrected chi connectivity index (χ3v) is 5.75. The van der Waals surface area contributed by atoms with E-state index in [1.54, 1.807) is 12.4 Å². The Bertz CT molecular complexity index is 1100. The molecule has 0 spiro atoms. The summed E-state index contributed by atoms with van der Waals surface area (Å²) < 4.78 is 5.45. The fourth-order valence-electron chi connectivity index (χ4n) is 3.96. The van der Waals surface area contributed by atoms with E-state index in [1.807, 2.05) is 53.4 Å². The molecule has 0 saturated carbocycles. The number of carbonyl (C=O) groups is 1. The molecule has 6 heteroatoms. The Labute approximate surface area is 180 Å². The number of hydrogen-bond acceptors (Lipinski definition) is 5. The zero-order valence-electron chi connectivity index (χ0n) is 17.0. The number of amides is 1. The summed E-state index contributed by atoms with van der Waals surface area (Å²) in [4.78, 5) is 23.4. The summed E-state index contributed by atoms with van der Waals surface area (Å²) in [6.45, 7) is 1.21. The Hall–Kier alpha value is -3.80. The van der Waals surface area contributed by atoms with Gasteiger partial charge in [0.05, 0.1) is 5.92 Å². The van der Waals surface area contributed by atoms with Crippen molar-refractivity contribution in [3.8, 4) is 11.4 Å². The van der Waals surface area contributed by atoms with Crippen LogP contribution in [0.4, 0.5) is 0 Å². The summed E-state index contributed by atoms with van der Waals surface area (Å²) in [6.07, 6.45) is 3.84. The lowest BCUT2D eigenvalue weighted by atomic mass is 9.87. The molecular formula is C25H22N4O2. The van der Waals surface area contributed by atoms with Crippen LogP contribution in [0.3, 0.4) is 0 Å². The van der Waals surface area contributed by atoms with Gasteiger partial charge >= 0.3 is 0 Å². The molecule has 1 saturated heterocycles. The van der Waals surface area contributed by atoms with E-state index in [0.29, 0.717) is 31.2 Å². The lowest BCUT2D eigenvalue weighted by molar-refractivity contribution is -0.136. The summed E-state index contributed by atoms with van der Waals surface area (Å²) in [7, 11) is 0. The highest BCUT2D eigenvalue weighted by atomic mass is 16.5. The van der Waals surface area contributed by atoms with Gasteiger partial charge in [-0.2, -0.15) is 4.98 Å². The Morgan fingerprint density at radius 3 is 2.16 bits per heavy atom. The fraction of sp³-hybridized carbons (Fsp3) is 0.200. The first-order chi connectivity index (χ1) is 15.3. The van der Waals surface area contributed by atoms with Crippen LogP contribution in [0.15, 0.2) is 89.7 Å². The van der Waals surface area contributed by atoms with E-state index in [0.717, 1.165) is 16.7 Å². The van der Waals surface area contributed by atoms with Crippen LogP contribution in [-0.4, -0.2) is 39.0 Å². The minimum absolute atomic E-state index is 0.0376. The van der Waals surface area contributed by atoms with E-state index in [1.165, 1.54) is 0 Å². The van der Waals surface area contributed by atoms with E-state index in [2.05, 4.69) is 39.4 Å². The number of benzene rings is 2. The smallest absolute Gasteiger partial charge is 0.233 e. The lowest BCUT2D eigenvalue weighted by Gasteiger charge is -2.38. The first-order valence-electron chi connectivity index (χ1n) is 10.4. The second kappa shape index (κ2) is 8.52. The van der Waals surface area contributed by atoms with Crippen LogP contribution in [0.1, 0.15) is 35.3 Å². The van der Waals surface area contributed by atoms with Gasteiger partial charge < -0.3 is 9.42 Å². The van der Waals surface area contributed by atoms with Crippen molar-refractivity contribution < 1.29 is 9.32 Å². The van der Waals surface area contributed by atoms with Gasteiger partial charge in [-0.3, -0.25) is 9.78 Å². The molecule has 31 heavy (non-hydrogen) atoms. The van der Waals surface area contributed by atoms with E-state index in [4.69, 9.17) is 4.52 Å². The van der Waals surface area contributed by atoms with Gasteiger partial charge in [0.15, 0.2) is 0 Å². The number of hydrogen-bond donors (Lipinski definition) is 0. The number of aromatic nitrogens is 3. The van der Waals surface area contributed by atoms with Gasteiger partial charge in [0.1, 0.15) is 0 Å². The first-order valence-corrected chi connectivity index (χ1v) is 10.4. The standard InChI is InChI=1S/C25H22N4O2/c30-23(15-22(18-7-3-1-4-8-18)19-9-5-2-6-10-19)29-16-21(17-29)25-27-24(28-31-25)20-11-13-26-14-12-20/h1-14,21-22H,15-17H2. The highest BCUT2D eigenvalue weighted by molar-refractivity contribution is 5.79. The summed E-state index contributed by atoms with van der Waals surface area (Å²) in [5, 5.41) is 4.07. The van der Waals surface area contributed by atoms with E-state index < -0.39 is 0 Å². The van der Waals surface area contributed by atoms with Gasteiger partial charge in [0.25, 0.3) is 0 Å². The van der Waals surface area contributed by atoms with Crippen LogP contribution in [-0.2, 0) is 4.79 Å². The van der Waals surface area contributed by atoms with Crippen molar-refractivity contribution in [1.82, 2.24) is 20.0 Å². The van der Waals surface area contributed by atoms with Gasteiger partial charge in [-0.15, -0.1) is 0 Å². The topological polar surface area (TPSA) is 72.1 Å². The van der Waals surface area contributed by atoms with E-state index >= 15 is 0 Å². The summed E-state index contributed by atoms with van der Waals surface area (Å²) in [6, 6.07) is 24.1. The first kappa shape index (κ1) is 19.2. The van der Waals surface area contributed by atoms with Gasteiger partial charge in [-0.1, -0.05) is 65.8 Å². The minimum Gasteiger partial charge on any atom is -0.341 e. The quantitative estimate of drug-likeness (QED) is 0.474. The Morgan fingerprint density at radius 2 is 1.55 bits per heavy atom. The SMILES string of the molecule is O=C(CC(c1ccccc1)c1ccccc1)N1CC(c2nc(-c3ccncc3)no2)C1. The van der Waals surface area contributed by atoms with Gasteiger partial charge in [0, 0.05) is 43.4 Å². The van der Waals surface area contributed by atoms with Crippen molar-refractivity contribution in [3.63, 3.8) is 0 Å². The fourth-order valence-corrected chi connectivity index (χ4v) is 3.96. The summed E-state index contributed by atoms with van der Waals surface area (Å²) in [5.41, 5.74) is 3.17. The number of likely N-dealkylation sites (tertiary alicyclic amines) is 1. The average Bonchev–Trinajstić information content (AvgIpc) is 3.28. The van der Waals surface area contributed by atoms with Crippen molar-refractivity contribution in [1.29, 1.82) is 0 Å². The normalized spacial score (nSPS) is 13.9. The predicted molar refractivity (Wildman–Crippen MR) is 116 cm³/mol. The van der Waals surface area contributed by atoms with Crippen LogP contribution < -0.4 is 0 Å². The van der Waals surface area contributed by atoms with Crippen LogP contribution in [0.2, 0.25) is 0 Å². The molecule has 154 valence electrons. The van der Waals surface area contributed by atoms with Gasteiger partial charge in [-0.05, 0) is 23.3 Å². The molecule has 1 aliphatic heterocycles. The number of nitrogens with zero attached hydrogens (tertiary/aromatic N) is 4. The zero-order valence-corrected chi connectivity index (χ0v) is 17.0. The average molecular weight is 410 g/mol. The summed E-state index contributed by atoms with van der Waals surface area (Å²) in [5.74, 6) is 1.39. The zero-order chi connectivity index (χ0) is 21.0. The van der Waals surface area contributed by atoms with Crippen LogP contribution >= 0.6 is 0 Å². The molecule has 2 aromatic carbocycles. The molecule has 1 aliphatic rings. The van der Waals surface area contributed by atoms with Crippen molar-refractivity contribution >= 4 is 5.91 Å². The van der Waals surface area contributed by atoms with Crippen LogP contribution in [0.5, 0.6) is 0 Å². The monoisotopic (exact) mass is 410 g/mol. The van der Waals surface area contributed by atoms with Crippen LogP contribution in [0, 0.1) is 0 Å². The Balaban J connectivity index is 1.25. The second-order valence-corrected chi connectivity index (χ2v) is 7.77. The molecule has 0 bridgehead atoms. The molecule has 1 fully saturated rings. The van der Waals surface area contributed by atoms with Crippen LogP contribution in [0.25, 0.3) is 11.4 Å². The van der Waals surface area contributed by atoms with Gasteiger partial charge in [0.2, 0.25) is 17.6 Å². The Morgan fingerprint density at radius 1 is 0.935 bits per heavy atom. The maximum Gasteiger partial charge on any atom is 0.233 e. The Kier molecular flexibility index (Phi) is 5.27. The maximum absolute atomic E-state index is 13.0. The maximum atomic E-state index is 13.0. The number of pyridine rings is 1. The molecule has 1 amide bonds. The lowest BCUT2D eigenvalue weighted by Crippen LogP contribution is -2.48. The molecule has 5 rings (SSSR count). The number of rotatable bonds is 6. The molecule has 0 unspecified atom stereocenters. The summed E-state index contributed by atoms with van der Waals surface area (Å²) >= 11 is 0. The molecule has 3 heterocycles. The van der Waals surface area contributed by atoms with Crippen molar-refractivity contribution in [2.45, 2.75) is 18.3 Å². The molecule has 6 nitrogen and oxygen atoms in total. The van der Waals surface area contributed by atoms with Crippen molar-refractivity contribution in [3.05, 3.63) is 102 Å². The van der Waals surface area contributed by atoms with Crippen molar-refractivity contribution in [2.24, 2.45) is 0 Å². The molecule has 2 aromatic heterocycles. The predicted octanol–water partition coefficient (Wildman–Crippen LogP) is 4.28. The highest BCUT2D eigenvalue weighted by Gasteiger charge is 2.36. The molecule has 0 radical (unpaired) electrons. The second-order valence-electron chi connectivity index (χ2n) is 7.77. The molecule has 0 aliphatic carbocycles. The largest absolute Gasteiger partial charge is 0.341 e. The third kappa shape index (κ3) is 4.10. The third-order valence-electron chi connectivity index (χ3n) is 5.75. The minimum atomic E-state index is 0.0376.